The van der Waals surface area contributed by atoms with Crippen LogP contribution in [-0.4, -0.2) is 27.4 Å². The molecule has 0 saturated heterocycles. The van der Waals surface area contributed by atoms with E-state index in [2.05, 4.69) is 19.6 Å². The molecule has 0 bridgehead atoms. The van der Waals surface area contributed by atoms with Crippen molar-refractivity contribution in [3.63, 3.8) is 0 Å². The minimum absolute atomic E-state index is 0. The molecule has 0 atom stereocenters. The zero-order valence-electron chi connectivity index (χ0n) is 10.0. The SMILES string of the molecule is C.CCOP(=O)(CC[Si](C)(C)C)OCC. The summed E-state index contributed by atoms with van der Waals surface area (Å²) in [4.78, 5) is 0. The molecule has 0 fully saturated rings. The van der Waals surface area contributed by atoms with Gasteiger partial charge in [-0.25, -0.2) is 0 Å². The van der Waals surface area contributed by atoms with E-state index < -0.39 is 15.7 Å². The Balaban J connectivity index is 0. The van der Waals surface area contributed by atoms with Gasteiger partial charge in [0.05, 0.1) is 13.2 Å². The monoisotopic (exact) mass is 254 g/mol. The standard InChI is InChI=1S/C9H23O3PSi.CH4/c1-6-11-13(10,12-7-2)8-9-14(3,4)5;/h6-9H2,1-5H3;1H4. The second-order valence-electron chi connectivity index (χ2n) is 4.48. The van der Waals surface area contributed by atoms with Gasteiger partial charge in [-0.3, -0.25) is 4.57 Å². The lowest BCUT2D eigenvalue weighted by molar-refractivity contribution is 0.221. The van der Waals surface area contributed by atoms with Crippen LogP contribution in [-0.2, 0) is 13.6 Å². The first kappa shape index (κ1) is 17.8. The average molecular weight is 254 g/mol. The van der Waals surface area contributed by atoms with E-state index in [-0.39, 0.29) is 7.43 Å². The number of hydrogen-bond acceptors (Lipinski definition) is 3. The maximum Gasteiger partial charge on any atom is 0.330 e. The normalized spacial score (nSPS) is 12.3. The summed E-state index contributed by atoms with van der Waals surface area (Å²) in [6.07, 6.45) is 0.574. The van der Waals surface area contributed by atoms with Gasteiger partial charge in [-0.1, -0.05) is 27.1 Å². The zero-order valence-corrected chi connectivity index (χ0v) is 11.9. The number of rotatable bonds is 7. The van der Waals surface area contributed by atoms with Crippen LogP contribution in [0.1, 0.15) is 21.3 Å². The third kappa shape index (κ3) is 9.30. The molecular formula is C10H27O3PSi. The van der Waals surface area contributed by atoms with Crippen molar-refractivity contribution in [2.45, 2.75) is 47.0 Å². The van der Waals surface area contributed by atoms with E-state index in [0.717, 1.165) is 6.04 Å². The summed E-state index contributed by atoms with van der Waals surface area (Å²) < 4.78 is 22.5. The zero-order chi connectivity index (χ0) is 11.2. The molecule has 0 aromatic heterocycles. The van der Waals surface area contributed by atoms with Gasteiger partial charge in [0, 0.05) is 14.2 Å². The van der Waals surface area contributed by atoms with E-state index in [0.29, 0.717) is 19.4 Å². The molecule has 0 radical (unpaired) electrons. The molecule has 0 amide bonds. The molecule has 0 heterocycles. The number of hydrogen-bond donors (Lipinski definition) is 0. The lowest BCUT2D eigenvalue weighted by atomic mass is 10.9. The lowest BCUT2D eigenvalue weighted by Crippen LogP contribution is -2.21. The minimum Gasteiger partial charge on any atom is -0.309 e. The quantitative estimate of drug-likeness (QED) is 0.504. The highest BCUT2D eigenvalue weighted by molar-refractivity contribution is 7.54. The fraction of sp³-hybridized carbons (Fsp3) is 1.00. The first-order valence-electron chi connectivity index (χ1n) is 5.21. The molecule has 5 heteroatoms. The first-order valence-corrected chi connectivity index (χ1v) is 10.6. The van der Waals surface area contributed by atoms with Crippen molar-refractivity contribution in [1.29, 1.82) is 0 Å². The predicted molar refractivity (Wildman–Crippen MR) is 70.6 cm³/mol. The van der Waals surface area contributed by atoms with Gasteiger partial charge in [-0.2, -0.15) is 0 Å². The van der Waals surface area contributed by atoms with E-state index >= 15 is 0 Å². The van der Waals surface area contributed by atoms with Gasteiger partial charge in [-0.05, 0) is 19.9 Å². The van der Waals surface area contributed by atoms with Gasteiger partial charge in [0.15, 0.2) is 0 Å². The summed E-state index contributed by atoms with van der Waals surface area (Å²) in [5.74, 6) is 0. The maximum absolute atomic E-state index is 12.0. The Morgan fingerprint density at radius 2 is 1.47 bits per heavy atom. The molecule has 0 aromatic carbocycles. The van der Waals surface area contributed by atoms with Crippen LogP contribution in [0.15, 0.2) is 0 Å². The third-order valence-electron chi connectivity index (χ3n) is 1.79. The Morgan fingerprint density at radius 3 is 1.73 bits per heavy atom. The van der Waals surface area contributed by atoms with Crippen LogP contribution in [0.3, 0.4) is 0 Å². The van der Waals surface area contributed by atoms with Crippen molar-refractivity contribution < 1.29 is 13.6 Å². The van der Waals surface area contributed by atoms with E-state index in [4.69, 9.17) is 9.05 Å². The van der Waals surface area contributed by atoms with Crippen molar-refractivity contribution >= 4 is 15.7 Å². The molecule has 0 unspecified atom stereocenters. The molecule has 3 nitrogen and oxygen atoms in total. The molecule has 0 aromatic rings. The molecule has 0 N–H and O–H groups in total. The summed E-state index contributed by atoms with van der Waals surface area (Å²) in [6, 6.07) is 0.990. The molecule has 15 heavy (non-hydrogen) atoms. The van der Waals surface area contributed by atoms with Crippen molar-refractivity contribution in [3.8, 4) is 0 Å². The highest BCUT2D eigenvalue weighted by Crippen LogP contribution is 2.49. The van der Waals surface area contributed by atoms with Gasteiger partial charge < -0.3 is 9.05 Å². The molecule has 0 aliphatic heterocycles. The van der Waals surface area contributed by atoms with Gasteiger partial charge >= 0.3 is 7.60 Å². The van der Waals surface area contributed by atoms with E-state index in [1.807, 2.05) is 13.8 Å². The van der Waals surface area contributed by atoms with Crippen LogP contribution in [0, 0.1) is 0 Å². The first-order chi connectivity index (χ1) is 6.33. The Kier molecular flexibility index (Phi) is 9.01. The predicted octanol–water partition coefficient (Wildman–Crippen LogP) is 4.23. The Hall–Kier alpha value is 0.367. The fourth-order valence-electron chi connectivity index (χ4n) is 1.03. The second-order valence-corrected chi connectivity index (χ2v) is 12.3. The summed E-state index contributed by atoms with van der Waals surface area (Å²) in [7, 11) is -3.94. The lowest BCUT2D eigenvalue weighted by Gasteiger charge is -2.21. The third-order valence-corrected chi connectivity index (χ3v) is 6.03. The Labute approximate surface area is 96.1 Å². The molecule has 0 saturated carbocycles. The van der Waals surface area contributed by atoms with Crippen LogP contribution in [0.25, 0.3) is 0 Å². The van der Waals surface area contributed by atoms with Gasteiger partial charge in [0.1, 0.15) is 0 Å². The van der Waals surface area contributed by atoms with Crippen LogP contribution in [0.2, 0.25) is 25.7 Å². The summed E-state index contributed by atoms with van der Waals surface area (Å²) >= 11 is 0. The van der Waals surface area contributed by atoms with E-state index in [1.54, 1.807) is 0 Å². The van der Waals surface area contributed by atoms with Crippen LogP contribution in [0.4, 0.5) is 0 Å². The van der Waals surface area contributed by atoms with Crippen molar-refractivity contribution in [1.82, 2.24) is 0 Å². The molecule has 0 spiro atoms. The highest BCUT2D eigenvalue weighted by Gasteiger charge is 2.26. The average Bonchev–Trinajstić information content (AvgIpc) is 2.01. The van der Waals surface area contributed by atoms with E-state index in [9.17, 15) is 4.57 Å². The summed E-state index contributed by atoms with van der Waals surface area (Å²) in [5, 5.41) is 0. The molecule has 94 valence electrons. The van der Waals surface area contributed by atoms with Crippen LogP contribution >= 0.6 is 7.60 Å². The van der Waals surface area contributed by atoms with Crippen LogP contribution < -0.4 is 0 Å². The van der Waals surface area contributed by atoms with Gasteiger partial charge in [-0.15, -0.1) is 0 Å². The Bertz CT molecular complexity index is 191. The molecule has 0 rings (SSSR count). The van der Waals surface area contributed by atoms with Gasteiger partial charge in [0.25, 0.3) is 0 Å². The largest absolute Gasteiger partial charge is 0.330 e. The van der Waals surface area contributed by atoms with Crippen molar-refractivity contribution in [2.24, 2.45) is 0 Å². The van der Waals surface area contributed by atoms with Crippen LogP contribution in [0.5, 0.6) is 0 Å². The molecule has 0 aliphatic rings. The summed E-state index contributed by atoms with van der Waals surface area (Å²) in [5.41, 5.74) is 0. The minimum atomic E-state index is -2.78. The molecule has 0 aliphatic carbocycles. The van der Waals surface area contributed by atoms with Crippen molar-refractivity contribution in [3.05, 3.63) is 0 Å². The fourth-order valence-corrected chi connectivity index (χ4v) is 5.93. The maximum atomic E-state index is 12.0. The highest BCUT2D eigenvalue weighted by atomic mass is 31.2. The van der Waals surface area contributed by atoms with Gasteiger partial charge in [0.2, 0.25) is 0 Å². The Morgan fingerprint density at radius 1 is 1.07 bits per heavy atom. The summed E-state index contributed by atoms with van der Waals surface area (Å²) in [6.45, 7) is 11.4. The second kappa shape index (κ2) is 7.61. The smallest absolute Gasteiger partial charge is 0.309 e. The topological polar surface area (TPSA) is 35.5 Å². The van der Waals surface area contributed by atoms with Crippen molar-refractivity contribution in [2.75, 3.05) is 19.4 Å². The molecular weight excluding hydrogens is 227 g/mol. The van der Waals surface area contributed by atoms with E-state index in [1.165, 1.54) is 0 Å².